The van der Waals surface area contributed by atoms with Crippen molar-refractivity contribution in [3.63, 3.8) is 0 Å². The summed E-state index contributed by atoms with van der Waals surface area (Å²) in [6, 6.07) is 10.7. The van der Waals surface area contributed by atoms with Gasteiger partial charge in [0.2, 0.25) is 0 Å². The van der Waals surface area contributed by atoms with Gasteiger partial charge in [0.15, 0.2) is 4.34 Å². The SMILES string of the molecule is Nc1ccc(C(=O)O)nc1Sc1nc2ccccc2s1. The van der Waals surface area contributed by atoms with Crippen LogP contribution in [0.1, 0.15) is 10.5 Å². The number of benzene rings is 1. The molecule has 3 rings (SSSR count). The Morgan fingerprint density at radius 1 is 1.20 bits per heavy atom. The lowest BCUT2D eigenvalue weighted by molar-refractivity contribution is 0.0690. The first-order valence-electron chi connectivity index (χ1n) is 5.67. The van der Waals surface area contributed by atoms with Gasteiger partial charge >= 0.3 is 5.97 Å². The molecule has 1 aromatic carbocycles. The van der Waals surface area contributed by atoms with Gasteiger partial charge in [0.05, 0.1) is 15.9 Å². The van der Waals surface area contributed by atoms with Crippen molar-refractivity contribution in [2.24, 2.45) is 0 Å². The van der Waals surface area contributed by atoms with Gasteiger partial charge in [-0.15, -0.1) is 11.3 Å². The monoisotopic (exact) mass is 303 g/mol. The smallest absolute Gasteiger partial charge is 0.354 e. The van der Waals surface area contributed by atoms with E-state index in [1.807, 2.05) is 24.3 Å². The molecule has 2 aromatic heterocycles. The first-order valence-corrected chi connectivity index (χ1v) is 7.30. The molecule has 0 fully saturated rings. The van der Waals surface area contributed by atoms with Crippen LogP contribution in [0.5, 0.6) is 0 Å². The average molecular weight is 303 g/mol. The molecule has 0 amide bonds. The molecule has 2 heterocycles. The van der Waals surface area contributed by atoms with Crippen LogP contribution in [0.25, 0.3) is 10.2 Å². The van der Waals surface area contributed by atoms with Gasteiger partial charge in [-0.1, -0.05) is 12.1 Å². The lowest BCUT2D eigenvalue weighted by Gasteiger charge is -2.02. The highest BCUT2D eigenvalue weighted by atomic mass is 32.2. The number of carbonyl (C=O) groups is 1. The number of nitrogens with two attached hydrogens (primary N) is 1. The number of aromatic nitrogens is 2. The van der Waals surface area contributed by atoms with Gasteiger partial charge in [-0.3, -0.25) is 0 Å². The molecule has 20 heavy (non-hydrogen) atoms. The topological polar surface area (TPSA) is 89.1 Å². The van der Waals surface area contributed by atoms with Crippen LogP contribution < -0.4 is 5.73 Å². The Morgan fingerprint density at radius 3 is 2.75 bits per heavy atom. The van der Waals surface area contributed by atoms with E-state index in [-0.39, 0.29) is 5.69 Å². The summed E-state index contributed by atoms with van der Waals surface area (Å²) in [5.41, 5.74) is 7.16. The second-order valence-corrected chi connectivity index (χ2v) is 6.21. The first kappa shape index (κ1) is 12.9. The first-order chi connectivity index (χ1) is 9.63. The Hall–Kier alpha value is -2.12. The van der Waals surface area contributed by atoms with E-state index in [0.29, 0.717) is 10.7 Å². The van der Waals surface area contributed by atoms with E-state index < -0.39 is 5.97 Å². The van der Waals surface area contributed by atoms with Crippen molar-refractivity contribution in [3.05, 3.63) is 42.1 Å². The molecule has 100 valence electrons. The second-order valence-electron chi connectivity index (χ2n) is 3.95. The van der Waals surface area contributed by atoms with Gasteiger partial charge in [0.1, 0.15) is 10.7 Å². The summed E-state index contributed by atoms with van der Waals surface area (Å²) in [7, 11) is 0. The van der Waals surface area contributed by atoms with Crippen LogP contribution in [0.3, 0.4) is 0 Å². The third kappa shape index (κ3) is 2.45. The summed E-state index contributed by atoms with van der Waals surface area (Å²) in [4.78, 5) is 19.4. The van der Waals surface area contributed by atoms with Crippen molar-refractivity contribution in [1.29, 1.82) is 0 Å². The normalized spacial score (nSPS) is 10.8. The number of thiazole rings is 1. The van der Waals surface area contributed by atoms with Crippen molar-refractivity contribution in [3.8, 4) is 0 Å². The number of nitrogens with zero attached hydrogens (tertiary/aromatic N) is 2. The van der Waals surface area contributed by atoms with E-state index in [9.17, 15) is 4.79 Å². The third-order valence-corrected chi connectivity index (χ3v) is 4.68. The van der Waals surface area contributed by atoms with Crippen molar-refractivity contribution < 1.29 is 9.90 Å². The fourth-order valence-electron chi connectivity index (χ4n) is 1.63. The molecule has 0 saturated carbocycles. The van der Waals surface area contributed by atoms with E-state index in [4.69, 9.17) is 10.8 Å². The summed E-state index contributed by atoms with van der Waals surface area (Å²) >= 11 is 2.80. The van der Waals surface area contributed by atoms with E-state index >= 15 is 0 Å². The molecule has 0 bridgehead atoms. The van der Waals surface area contributed by atoms with Crippen molar-refractivity contribution >= 4 is 45.0 Å². The molecule has 3 aromatic rings. The lowest BCUT2D eigenvalue weighted by atomic mass is 10.3. The third-order valence-electron chi connectivity index (χ3n) is 2.57. The second kappa shape index (κ2) is 5.10. The zero-order chi connectivity index (χ0) is 14.1. The molecule has 7 heteroatoms. The van der Waals surface area contributed by atoms with Crippen LogP contribution in [0.2, 0.25) is 0 Å². The molecule has 5 nitrogen and oxygen atoms in total. The van der Waals surface area contributed by atoms with Gasteiger partial charge in [-0.05, 0) is 36.0 Å². The van der Waals surface area contributed by atoms with Crippen LogP contribution in [-0.2, 0) is 0 Å². The molecule has 3 N–H and O–H groups in total. The summed E-state index contributed by atoms with van der Waals surface area (Å²) in [6.07, 6.45) is 0. The average Bonchev–Trinajstić information content (AvgIpc) is 2.83. The summed E-state index contributed by atoms with van der Waals surface area (Å²) in [5.74, 6) is -1.07. The number of hydrogen-bond donors (Lipinski definition) is 2. The lowest BCUT2D eigenvalue weighted by Crippen LogP contribution is -2.02. The summed E-state index contributed by atoms with van der Waals surface area (Å²) < 4.78 is 1.86. The number of rotatable bonds is 3. The summed E-state index contributed by atoms with van der Waals surface area (Å²) in [5, 5.41) is 9.42. The Morgan fingerprint density at radius 2 is 2.00 bits per heavy atom. The predicted molar refractivity (Wildman–Crippen MR) is 79.4 cm³/mol. The van der Waals surface area contributed by atoms with Crippen LogP contribution in [0.15, 0.2) is 45.8 Å². The maximum Gasteiger partial charge on any atom is 0.354 e. The van der Waals surface area contributed by atoms with Crippen molar-refractivity contribution in [2.75, 3.05) is 5.73 Å². The fourth-order valence-corrected chi connectivity index (χ4v) is 3.64. The number of hydrogen-bond acceptors (Lipinski definition) is 6. The van der Waals surface area contributed by atoms with Crippen LogP contribution in [0.4, 0.5) is 5.69 Å². The zero-order valence-electron chi connectivity index (χ0n) is 10.1. The number of carboxylic acid groups (broad SMARTS) is 1. The number of nitrogen functional groups attached to an aromatic ring is 1. The Balaban J connectivity index is 1.97. The van der Waals surface area contributed by atoms with Crippen molar-refractivity contribution in [1.82, 2.24) is 9.97 Å². The standard InChI is InChI=1S/C13H9N3O2S2/c14-7-5-6-9(12(17)18)15-11(7)20-13-16-8-3-1-2-4-10(8)19-13/h1-6H,14H2,(H,17,18). The molecule has 0 atom stereocenters. The minimum atomic E-state index is -1.07. The number of aromatic carboxylic acids is 1. The van der Waals surface area contributed by atoms with E-state index in [2.05, 4.69) is 9.97 Å². The highest BCUT2D eigenvalue weighted by Crippen LogP contribution is 2.35. The summed E-state index contributed by atoms with van der Waals surface area (Å²) in [6.45, 7) is 0. The molecule has 0 unspecified atom stereocenters. The molecule has 0 spiro atoms. The molecule has 0 aliphatic rings. The van der Waals surface area contributed by atoms with Gasteiger partial charge in [-0.25, -0.2) is 14.8 Å². The number of pyridine rings is 1. The van der Waals surface area contributed by atoms with Gasteiger partial charge < -0.3 is 10.8 Å². The van der Waals surface area contributed by atoms with E-state index in [1.165, 1.54) is 29.2 Å². The molecular formula is C13H9N3O2S2. The highest BCUT2D eigenvalue weighted by Gasteiger charge is 2.12. The van der Waals surface area contributed by atoms with E-state index in [1.54, 1.807) is 6.07 Å². The minimum Gasteiger partial charge on any atom is -0.477 e. The quantitative estimate of drug-likeness (QED) is 0.772. The van der Waals surface area contributed by atoms with Gasteiger partial charge in [-0.2, -0.15) is 0 Å². The number of fused-ring (bicyclic) bond motifs is 1. The number of para-hydroxylation sites is 1. The van der Waals surface area contributed by atoms with Gasteiger partial charge in [0.25, 0.3) is 0 Å². The molecule has 0 radical (unpaired) electrons. The van der Waals surface area contributed by atoms with Crippen molar-refractivity contribution in [2.45, 2.75) is 9.37 Å². The van der Waals surface area contributed by atoms with Crippen LogP contribution >= 0.6 is 23.1 Å². The largest absolute Gasteiger partial charge is 0.477 e. The maximum absolute atomic E-state index is 10.9. The molecular weight excluding hydrogens is 294 g/mol. The Kier molecular flexibility index (Phi) is 3.29. The minimum absolute atomic E-state index is 0.0252. The Bertz CT molecular complexity index is 768. The van der Waals surface area contributed by atoms with Gasteiger partial charge in [0, 0.05) is 0 Å². The fraction of sp³-hybridized carbons (Fsp3) is 0. The van der Waals surface area contributed by atoms with E-state index in [0.717, 1.165) is 14.6 Å². The van der Waals surface area contributed by atoms with Crippen LogP contribution in [-0.4, -0.2) is 21.0 Å². The molecule has 0 aliphatic heterocycles. The predicted octanol–water partition coefficient (Wildman–Crippen LogP) is 3.12. The number of carboxylic acids is 1. The Labute approximate surface area is 122 Å². The van der Waals surface area contributed by atoms with Crippen LogP contribution in [0, 0.1) is 0 Å². The molecule has 0 saturated heterocycles. The number of anilines is 1. The zero-order valence-corrected chi connectivity index (χ0v) is 11.7. The maximum atomic E-state index is 10.9. The highest BCUT2D eigenvalue weighted by molar-refractivity contribution is 8.01. The molecule has 0 aliphatic carbocycles.